The van der Waals surface area contributed by atoms with Crippen molar-refractivity contribution in [3.63, 3.8) is 0 Å². The Balaban J connectivity index is 2.46. The van der Waals surface area contributed by atoms with Gasteiger partial charge in [-0.25, -0.2) is 4.79 Å². The monoisotopic (exact) mass is 286 g/mol. The Morgan fingerprint density at radius 2 is 2.05 bits per heavy atom. The molecule has 2 aromatic rings. The Morgan fingerprint density at radius 1 is 1.38 bits per heavy atom. The van der Waals surface area contributed by atoms with Gasteiger partial charge >= 0.3 is 5.69 Å². The fourth-order valence-electron chi connectivity index (χ4n) is 1.94. The lowest BCUT2D eigenvalue weighted by Gasteiger charge is -2.16. The number of benzene rings is 1. The molecule has 6 nitrogen and oxygen atoms in total. The molecule has 21 heavy (non-hydrogen) atoms. The average molecular weight is 286 g/mol. The van der Waals surface area contributed by atoms with Crippen molar-refractivity contribution in [3.8, 4) is 0 Å². The summed E-state index contributed by atoms with van der Waals surface area (Å²) < 4.78 is 1.33. The summed E-state index contributed by atoms with van der Waals surface area (Å²) in [6, 6.07) is 9.27. The van der Waals surface area contributed by atoms with E-state index >= 15 is 0 Å². The van der Waals surface area contributed by atoms with Crippen LogP contribution in [0.1, 0.15) is 12.5 Å². The Hall–Kier alpha value is -2.76. The van der Waals surface area contributed by atoms with Crippen LogP contribution in [-0.2, 0) is 6.54 Å². The van der Waals surface area contributed by atoms with Gasteiger partial charge in [-0.15, -0.1) is 6.58 Å². The largest absolute Gasteiger partial charge is 0.383 e. The Bertz CT molecular complexity index is 747. The molecule has 0 aliphatic heterocycles. The highest BCUT2D eigenvalue weighted by molar-refractivity contribution is 5.61. The third-order valence-corrected chi connectivity index (χ3v) is 3.15. The third kappa shape index (κ3) is 3.22. The zero-order chi connectivity index (χ0) is 15.4. The number of rotatable bonds is 5. The molecule has 0 spiro atoms. The van der Waals surface area contributed by atoms with Crippen LogP contribution in [0.15, 0.2) is 52.6 Å². The highest BCUT2D eigenvalue weighted by Gasteiger charge is 2.13. The number of hydrogen-bond donors (Lipinski definition) is 3. The summed E-state index contributed by atoms with van der Waals surface area (Å²) in [4.78, 5) is 26.1. The number of anilines is 2. The van der Waals surface area contributed by atoms with E-state index in [0.29, 0.717) is 6.54 Å². The first-order chi connectivity index (χ1) is 10.0. The van der Waals surface area contributed by atoms with E-state index in [1.807, 2.05) is 37.3 Å². The second-order valence-electron chi connectivity index (χ2n) is 4.76. The highest BCUT2D eigenvalue weighted by Crippen LogP contribution is 2.13. The molecule has 0 aliphatic rings. The first kappa shape index (κ1) is 14.6. The van der Waals surface area contributed by atoms with E-state index in [1.54, 1.807) is 6.08 Å². The number of aromatic amines is 1. The van der Waals surface area contributed by atoms with Crippen molar-refractivity contribution >= 4 is 11.5 Å². The molecule has 2 rings (SSSR count). The standard InChI is InChI=1S/C15H18N4O2/c1-3-10(2)17-12-13(16)19(15(21)18-14(12)20)9-11-7-5-4-6-8-11/h3-8,10,17H,1,9,16H2,2H3,(H,18,20,21). The first-order valence-electron chi connectivity index (χ1n) is 6.58. The van der Waals surface area contributed by atoms with Gasteiger partial charge in [0.1, 0.15) is 11.5 Å². The van der Waals surface area contributed by atoms with Gasteiger partial charge in [0, 0.05) is 6.04 Å². The van der Waals surface area contributed by atoms with Crippen LogP contribution in [0.3, 0.4) is 0 Å². The van der Waals surface area contributed by atoms with Crippen LogP contribution in [0, 0.1) is 0 Å². The fraction of sp³-hybridized carbons (Fsp3) is 0.200. The molecular weight excluding hydrogens is 268 g/mol. The molecule has 1 aromatic heterocycles. The lowest BCUT2D eigenvalue weighted by atomic mass is 10.2. The maximum absolute atomic E-state index is 12.0. The third-order valence-electron chi connectivity index (χ3n) is 3.15. The molecule has 6 heteroatoms. The number of nitrogen functional groups attached to an aromatic ring is 1. The van der Waals surface area contributed by atoms with Gasteiger partial charge in [-0.2, -0.15) is 0 Å². The Labute approximate surface area is 121 Å². The van der Waals surface area contributed by atoms with Crippen molar-refractivity contribution in [2.75, 3.05) is 11.1 Å². The van der Waals surface area contributed by atoms with Gasteiger partial charge < -0.3 is 11.1 Å². The van der Waals surface area contributed by atoms with Crippen LogP contribution in [-0.4, -0.2) is 15.6 Å². The van der Waals surface area contributed by atoms with Crippen molar-refractivity contribution in [1.82, 2.24) is 9.55 Å². The van der Waals surface area contributed by atoms with Crippen LogP contribution in [0.2, 0.25) is 0 Å². The lowest BCUT2D eigenvalue weighted by molar-refractivity contribution is 0.732. The molecule has 110 valence electrons. The molecule has 0 bridgehead atoms. The molecule has 0 aliphatic carbocycles. The maximum atomic E-state index is 12.0. The molecule has 1 atom stereocenters. The number of nitrogens with two attached hydrogens (primary N) is 1. The van der Waals surface area contributed by atoms with Crippen molar-refractivity contribution in [3.05, 3.63) is 69.4 Å². The van der Waals surface area contributed by atoms with Crippen LogP contribution in [0.4, 0.5) is 11.5 Å². The first-order valence-corrected chi connectivity index (χ1v) is 6.58. The van der Waals surface area contributed by atoms with Crippen molar-refractivity contribution < 1.29 is 0 Å². The van der Waals surface area contributed by atoms with Gasteiger partial charge in [0.25, 0.3) is 5.56 Å². The van der Waals surface area contributed by atoms with Gasteiger partial charge in [-0.3, -0.25) is 14.3 Å². The van der Waals surface area contributed by atoms with Crippen LogP contribution in [0.25, 0.3) is 0 Å². The number of hydrogen-bond acceptors (Lipinski definition) is 4. The van der Waals surface area contributed by atoms with E-state index in [1.165, 1.54) is 4.57 Å². The molecule has 0 saturated carbocycles. The SMILES string of the molecule is C=CC(C)Nc1c(N)n(Cc2ccccc2)c(=O)[nH]c1=O. The molecule has 0 saturated heterocycles. The molecule has 1 unspecified atom stereocenters. The Morgan fingerprint density at radius 3 is 2.67 bits per heavy atom. The van der Waals surface area contributed by atoms with Gasteiger partial charge in [0.2, 0.25) is 0 Å². The quantitative estimate of drug-likeness (QED) is 0.719. The minimum Gasteiger partial charge on any atom is -0.383 e. The molecule has 1 aromatic carbocycles. The molecule has 1 heterocycles. The van der Waals surface area contributed by atoms with Crippen molar-refractivity contribution in [2.45, 2.75) is 19.5 Å². The topological polar surface area (TPSA) is 92.9 Å². The summed E-state index contributed by atoms with van der Waals surface area (Å²) >= 11 is 0. The normalized spacial score (nSPS) is 11.9. The molecule has 0 radical (unpaired) electrons. The fourth-order valence-corrected chi connectivity index (χ4v) is 1.94. The van der Waals surface area contributed by atoms with E-state index in [2.05, 4.69) is 16.9 Å². The van der Waals surface area contributed by atoms with E-state index in [-0.39, 0.29) is 17.5 Å². The van der Waals surface area contributed by atoms with Crippen molar-refractivity contribution in [1.29, 1.82) is 0 Å². The summed E-state index contributed by atoms with van der Waals surface area (Å²) in [6.07, 6.45) is 1.64. The summed E-state index contributed by atoms with van der Waals surface area (Å²) in [5.74, 6) is 0.112. The summed E-state index contributed by atoms with van der Waals surface area (Å²) in [5.41, 5.74) is 6.02. The van der Waals surface area contributed by atoms with Crippen LogP contribution >= 0.6 is 0 Å². The van der Waals surface area contributed by atoms with Crippen LogP contribution < -0.4 is 22.3 Å². The summed E-state index contributed by atoms with van der Waals surface area (Å²) in [6.45, 7) is 5.76. The zero-order valence-corrected chi connectivity index (χ0v) is 11.8. The van der Waals surface area contributed by atoms with Crippen LogP contribution in [0.5, 0.6) is 0 Å². The molecular formula is C15H18N4O2. The number of H-pyrrole nitrogens is 1. The lowest BCUT2D eigenvalue weighted by Crippen LogP contribution is -2.35. The van der Waals surface area contributed by atoms with E-state index in [4.69, 9.17) is 5.73 Å². The van der Waals surface area contributed by atoms with Gasteiger partial charge in [0.15, 0.2) is 0 Å². The van der Waals surface area contributed by atoms with E-state index < -0.39 is 11.2 Å². The Kier molecular flexibility index (Phi) is 4.27. The predicted molar refractivity (Wildman–Crippen MR) is 84.6 cm³/mol. The second kappa shape index (κ2) is 6.13. The highest BCUT2D eigenvalue weighted by atomic mass is 16.2. The minimum atomic E-state index is -0.532. The summed E-state index contributed by atoms with van der Waals surface area (Å²) in [7, 11) is 0. The molecule has 4 N–H and O–H groups in total. The number of nitrogens with one attached hydrogen (secondary N) is 2. The van der Waals surface area contributed by atoms with Gasteiger partial charge in [0.05, 0.1) is 6.54 Å². The zero-order valence-electron chi connectivity index (χ0n) is 11.8. The number of aromatic nitrogens is 2. The molecule has 0 amide bonds. The van der Waals surface area contributed by atoms with Crippen molar-refractivity contribution in [2.24, 2.45) is 0 Å². The predicted octanol–water partition coefficient (Wildman–Crippen LogP) is 1.15. The summed E-state index contributed by atoms with van der Waals surface area (Å²) in [5, 5.41) is 2.93. The van der Waals surface area contributed by atoms with Gasteiger partial charge in [-0.1, -0.05) is 36.4 Å². The number of nitrogens with zero attached hydrogens (tertiary/aromatic N) is 1. The smallest absolute Gasteiger partial charge is 0.330 e. The maximum Gasteiger partial charge on any atom is 0.330 e. The minimum absolute atomic E-state index is 0.112. The van der Waals surface area contributed by atoms with E-state index in [9.17, 15) is 9.59 Å². The van der Waals surface area contributed by atoms with E-state index in [0.717, 1.165) is 5.56 Å². The second-order valence-corrected chi connectivity index (χ2v) is 4.76. The molecule has 0 fully saturated rings. The average Bonchev–Trinajstić information content (AvgIpc) is 2.48. The van der Waals surface area contributed by atoms with Gasteiger partial charge in [-0.05, 0) is 12.5 Å².